The number of amides is 1. The van der Waals surface area contributed by atoms with Crippen LogP contribution in [0, 0.1) is 0 Å². The van der Waals surface area contributed by atoms with E-state index < -0.39 is 6.09 Å². The van der Waals surface area contributed by atoms with Gasteiger partial charge in [-0.15, -0.1) is 0 Å². The van der Waals surface area contributed by atoms with E-state index in [9.17, 15) is 9.90 Å². The minimum Gasteiger partial charge on any atom is -0.498 e. The molecule has 14 heavy (non-hydrogen) atoms. The van der Waals surface area contributed by atoms with Gasteiger partial charge in [0.2, 0.25) is 0 Å². The molecule has 0 unspecified atom stereocenters. The molecule has 0 saturated heterocycles. The van der Waals surface area contributed by atoms with Gasteiger partial charge in [0.25, 0.3) is 6.09 Å². The van der Waals surface area contributed by atoms with Crippen molar-refractivity contribution >= 4 is 6.09 Å². The molecule has 0 aromatic heterocycles. The molecule has 0 bridgehead atoms. The number of hydrogen-bond acceptors (Lipinski definition) is 2. The van der Waals surface area contributed by atoms with Crippen LogP contribution in [0.5, 0.6) is 0 Å². The molecule has 0 aliphatic heterocycles. The fourth-order valence-corrected chi connectivity index (χ4v) is 2.84. The quantitative estimate of drug-likeness (QED) is 0.639. The second-order valence-corrected chi connectivity index (χ2v) is 5.40. The maximum absolute atomic E-state index is 11.4. The van der Waals surface area contributed by atoms with Crippen LogP contribution < -0.4 is 5.11 Å². The summed E-state index contributed by atoms with van der Waals surface area (Å²) in [5.74, 6) is 0. The average Bonchev–Trinajstić information content (AvgIpc) is 1.79. The Balaban J connectivity index is 5.53. The lowest BCUT2D eigenvalue weighted by molar-refractivity contribution is -0.956. The van der Waals surface area contributed by atoms with Gasteiger partial charge in [0.05, 0.1) is 17.6 Å². The van der Waals surface area contributed by atoms with Gasteiger partial charge in [-0.2, -0.15) is 0 Å². The molecule has 0 fully saturated rings. The first kappa shape index (κ1) is 13.4. The Morgan fingerprint density at radius 3 is 1.36 bits per heavy atom. The van der Waals surface area contributed by atoms with Crippen molar-refractivity contribution < 1.29 is 14.4 Å². The number of carbonyl (C=O) groups is 1. The highest BCUT2D eigenvalue weighted by Gasteiger charge is 2.47. The van der Waals surface area contributed by atoms with Crippen molar-refractivity contribution in [2.75, 3.05) is 0 Å². The fourth-order valence-electron chi connectivity index (χ4n) is 2.84. The van der Waals surface area contributed by atoms with Crippen LogP contribution in [0.4, 0.5) is 4.79 Å². The van der Waals surface area contributed by atoms with Crippen molar-refractivity contribution in [1.82, 2.24) is 0 Å². The van der Waals surface area contributed by atoms with E-state index in [-0.39, 0.29) is 22.1 Å². The second kappa shape index (κ2) is 3.89. The molecule has 1 amide bonds. The van der Waals surface area contributed by atoms with Crippen LogP contribution in [0.1, 0.15) is 48.5 Å². The molecule has 3 heteroatoms. The first-order chi connectivity index (χ1) is 6.08. The van der Waals surface area contributed by atoms with E-state index in [4.69, 9.17) is 0 Å². The van der Waals surface area contributed by atoms with Gasteiger partial charge >= 0.3 is 0 Å². The van der Waals surface area contributed by atoms with E-state index >= 15 is 0 Å². The fraction of sp³-hybridized carbons (Fsp3) is 0.909. The van der Waals surface area contributed by atoms with Crippen molar-refractivity contribution in [3.05, 3.63) is 0 Å². The van der Waals surface area contributed by atoms with E-state index in [2.05, 4.69) is 0 Å². The molecular weight excluding hydrogens is 178 g/mol. The predicted octanol–water partition coefficient (Wildman–Crippen LogP) is 1.76. The molecule has 0 radical (unpaired) electrons. The van der Waals surface area contributed by atoms with Crippen LogP contribution in [0.3, 0.4) is 0 Å². The van der Waals surface area contributed by atoms with Gasteiger partial charge in [0.15, 0.2) is 0 Å². The van der Waals surface area contributed by atoms with Crippen LogP contribution >= 0.6 is 0 Å². The van der Waals surface area contributed by atoms with E-state index in [1.54, 1.807) is 0 Å². The van der Waals surface area contributed by atoms with Gasteiger partial charge in [-0.3, -0.25) is 4.48 Å². The Morgan fingerprint density at radius 2 is 1.36 bits per heavy atom. The Bertz CT molecular complexity index is 206. The summed E-state index contributed by atoms with van der Waals surface area (Å²) < 4.78 is -0.00694. The number of carbonyl (C=O) groups excluding carboxylic acids is 1. The monoisotopic (exact) mass is 201 g/mol. The first-order valence-electron chi connectivity index (χ1n) is 5.18. The third-order valence-corrected chi connectivity index (χ3v) is 3.04. The maximum atomic E-state index is 11.4. The van der Waals surface area contributed by atoms with E-state index in [0.717, 1.165) is 0 Å². The lowest BCUT2D eigenvalue weighted by Crippen LogP contribution is -2.73. The molecule has 0 saturated carbocycles. The number of hydrogen-bond donors (Lipinski definition) is 0. The summed E-state index contributed by atoms with van der Waals surface area (Å²) in [6, 6.07) is 0.0278. The number of nitrogens with zero attached hydrogens (tertiary/aromatic N) is 1. The largest absolute Gasteiger partial charge is 0.498 e. The zero-order chi connectivity index (χ0) is 11.7. The molecule has 3 nitrogen and oxygen atoms in total. The minimum atomic E-state index is -0.984. The number of carboxylic acid groups (broad SMARTS) is 1. The summed E-state index contributed by atoms with van der Waals surface area (Å²) in [6.07, 6.45) is -0.984. The molecule has 0 atom stereocenters. The van der Waals surface area contributed by atoms with Crippen molar-refractivity contribution in [1.29, 1.82) is 0 Å². The Labute approximate surface area is 87.3 Å². The van der Waals surface area contributed by atoms with Crippen LogP contribution in [-0.2, 0) is 0 Å². The van der Waals surface area contributed by atoms with Crippen LogP contribution in [-0.4, -0.2) is 28.2 Å². The molecule has 0 heterocycles. The summed E-state index contributed by atoms with van der Waals surface area (Å²) >= 11 is 0. The highest BCUT2D eigenvalue weighted by Crippen LogP contribution is 2.31. The Kier molecular flexibility index (Phi) is 3.73. The summed E-state index contributed by atoms with van der Waals surface area (Å²) in [7, 11) is 0. The highest BCUT2D eigenvalue weighted by molar-refractivity contribution is 5.55. The molecule has 84 valence electrons. The van der Waals surface area contributed by atoms with E-state index in [1.807, 2.05) is 48.5 Å². The smallest absolute Gasteiger partial charge is 0.258 e. The molecule has 0 aliphatic carbocycles. The third-order valence-electron chi connectivity index (χ3n) is 3.04. The molecule has 0 aromatic rings. The first-order valence-corrected chi connectivity index (χ1v) is 5.18. The number of rotatable bonds is 2. The van der Waals surface area contributed by atoms with Crippen molar-refractivity contribution in [3.63, 3.8) is 0 Å². The number of quaternary nitrogens is 1. The van der Waals surface area contributed by atoms with Gasteiger partial charge < -0.3 is 9.90 Å². The topological polar surface area (TPSA) is 40.1 Å². The lowest BCUT2D eigenvalue weighted by Gasteiger charge is -2.53. The van der Waals surface area contributed by atoms with Gasteiger partial charge in [0, 0.05) is 0 Å². The van der Waals surface area contributed by atoms with E-state index in [1.165, 1.54) is 0 Å². The highest BCUT2D eigenvalue weighted by atomic mass is 16.4. The normalized spacial score (nSPS) is 13.8. The van der Waals surface area contributed by atoms with Crippen molar-refractivity contribution in [2.24, 2.45) is 0 Å². The average molecular weight is 201 g/mol. The third kappa shape index (κ3) is 1.78. The van der Waals surface area contributed by atoms with Gasteiger partial charge in [-0.05, 0) is 48.5 Å². The Morgan fingerprint density at radius 1 is 1.07 bits per heavy atom. The van der Waals surface area contributed by atoms with Crippen LogP contribution in [0.2, 0.25) is 0 Å². The molecule has 0 aliphatic rings. The molecule has 0 rings (SSSR count). The van der Waals surface area contributed by atoms with Gasteiger partial charge in [-0.1, -0.05) is 0 Å². The zero-order valence-electron chi connectivity index (χ0n) is 10.4. The summed E-state index contributed by atoms with van der Waals surface area (Å²) in [6.45, 7) is 13.6. The van der Waals surface area contributed by atoms with Crippen LogP contribution in [0.15, 0.2) is 0 Å². The van der Waals surface area contributed by atoms with Crippen molar-refractivity contribution in [3.8, 4) is 0 Å². The van der Waals surface area contributed by atoms with E-state index in [0.29, 0.717) is 0 Å². The zero-order valence-corrected chi connectivity index (χ0v) is 10.4. The molecule has 0 aromatic carbocycles. The molecule has 0 spiro atoms. The molecular formula is C11H23NO2. The second-order valence-electron chi connectivity index (χ2n) is 5.40. The summed E-state index contributed by atoms with van der Waals surface area (Å²) in [4.78, 5) is 11.4. The minimum absolute atomic E-state index is 0.00694. The summed E-state index contributed by atoms with van der Waals surface area (Å²) in [5.41, 5.74) is -0.346. The van der Waals surface area contributed by atoms with Gasteiger partial charge in [0.1, 0.15) is 0 Å². The standard InChI is InChI=1S/C11H23NO2/c1-8(2)12(9(3)4,10(13)14)11(5,6)7/h8-9H,1-7H3. The predicted molar refractivity (Wildman–Crippen MR) is 55.7 cm³/mol. The lowest BCUT2D eigenvalue weighted by atomic mass is 9.95. The van der Waals surface area contributed by atoms with Gasteiger partial charge in [-0.25, -0.2) is 0 Å². The van der Waals surface area contributed by atoms with Crippen LogP contribution in [0.25, 0.3) is 0 Å². The summed E-state index contributed by atoms with van der Waals surface area (Å²) in [5, 5.41) is 11.4. The molecule has 0 N–H and O–H groups in total. The SMILES string of the molecule is CC(C)[N+](C(=O)[O-])(C(C)C)C(C)(C)C. The Hall–Kier alpha value is -0.570. The maximum Gasteiger partial charge on any atom is 0.258 e. The van der Waals surface area contributed by atoms with Crippen molar-refractivity contribution in [2.45, 2.75) is 66.1 Å².